The summed E-state index contributed by atoms with van der Waals surface area (Å²) in [7, 11) is 3.13. The zero-order valence-electron chi connectivity index (χ0n) is 14.9. The van der Waals surface area contributed by atoms with E-state index in [4.69, 9.17) is 14.2 Å². The van der Waals surface area contributed by atoms with Crippen molar-refractivity contribution in [1.29, 1.82) is 0 Å². The van der Waals surface area contributed by atoms with Gasteiger partial charge in [0.15, 0.2) is 0 Å². The molecule has 0 saturated heterocycles. The van der Waals surface area contributed by atoms with E-state index in [9.17, 15) is 4.79 Å². The highest BCUT2D eigenvalue weighted by atomic mass is 79.9. The van der Waals surface area contributed by atoms with Crippen LogP contribution >= 0.6 is 15.9 Å². The lowest BCUT2D eigenvalue weighted by Gasteiger charge is -2.22. The molecular weight excluding hydrogens is 400 g/mol. The first-order valence-electron chi connectivity index (χ1n) is 7.98. The van der Waals surface area contributed by atoms with E-state index >= 15 is 0 Å². The van der Waals surface area contributed by atoms with E-state index in [0.29, 0.717) is 23.0 Å². The second-order valence-electron chi connectivity index (χ2n) is 5.78. The van der Waals surface area contributed by atoms with Crippen molar-refractivity contribution in [3.05, 3.63) is 57.6 Å². The largest absolute Gasteiger partial charge is 0.496 e. The molecule has 0 saturated carbocycles. The van der Waals surface area contributed by atoms with Gasteiger partial charge in [0.25, 0.3) is 0 Å². The van der Waals surface area contributed by atoms with Crippen LogP contribution in [0.25, 0.3) is 0 Å². The molecule has 136 valence electrons. The SMILES string of the molecule is COc1cc(OC)c(C2OC(c3ccccc3C)=NN2C(C)=O)cc1Br. The molecular formula is C19H19BrN2O4. The van der Waals surface area contributed by atoms with Crippen LogP contribution in [0.2, 0.25) is 0 Å². The fourth-order valence-corrected chi connectivity index (χ4v) is 3.29. The molecule has 1 heterocycles. The summed E-state index contributed by atoms with van der Waals surface area (Å²) in [6, 6.07) is 11.3. The van der Waals surface area contributed by atoms with Gasteiger partial charge in [-0.1, -0.05) is 18.2 Å². The Bertz CT molecular complexity index is 882. The predicted octanol–water partition coefficient (Wildman–Crippen LogP) is 4.01. The van der Waals surface area contributed by atoms with Crippen molar-refractivity contribution in [3.63, 3.8) is 0 Å². The predicted molar refractivity (Wildman–Crippen MR) is 101 cm³/mol. The quantitative estimate of drug-likeness (QED) is 0.752. The monoisotopic (exact) mass is 418 g/mol. The molecule has 1 unspecified atom stereocenters. The van der Waals surface area contributed by atoms with Crippen molar-refractivity contribution in [2.75, 3.05) is 14.2 Å². The fraction of sp³-hybridized carbons (Fsp3) is 0.263. The van der Waals surface area contributed by atoms with Crippen LogP contribution in [-0.4, -0.2) is 31.0 Å². The van der Waals surface area contributed by atoms with E-state index in [1.165, 1.54) is 11.9 Å². The van der Waals surface area contributed by atoms with Crippen LogP contribution in [0.5, 0.6) is 11.5 Å². The average molecular weight is 419 g/mol. The summed E-state index contributed by atoms with van der Waals surface area (Å²) in [6.07, 6.45) is -0.723. The zero-order valence-corrected chi connectivity index (χ0v) is 16.5. The standard InChI is InChI=1S/C19H19BrN2O4/c1-11-7-5-6-8-13(11)18-21-22(12(2)23)19(26-18)14-9-15(20)17(25-4)10-16(14)24-3/h5-10,19H,1-4H3. The van der Waals surface area contributed by atoms with Crippen molar-refractivity contribution < 1.29 is 19.0 Å². The van der Waals surface area contributed by atoms with E-state index < -0.39 is 6.23 Å². The third-order valence-electron chi connectivity index (χ3n) is 4.11. The molecule has 1 atom stereocenters. The van der Waals surface area contributed by atoms with E-state index in [1.807, 2.05) is 37.3 Å². The second kappa shape index (κ2) is 7.37. The Labute approximate surface area is 160 Å². The van der Waals surface area contributed by atoms with Gasteiger partial charge in [-0.15, -0.1) is 5.10 Å². The van der Waals surface area contributed by atoms with Crippen LogP contribution in [0.4, 0.5) is 0 Å². The highest BCUT2D eigenvalue weighted by Gasteiger charge is 2.36. The highest BCUT2D eigenvalue weighted by Crippen LogP contribution is 2.40. The summed E-state index contributed by atoms with van der Waals surface area (Å²) in [6.45, 7) is 3.42. The van der Waals surface area contributed by atoms with Crippen molar-refractivity contribution in [2.45, 2.75) is 20.1 Å². The minimum atomic E-state index is -0.723. The number of halogens is 1. The molecule has 1 aliphatic heterocycles. The normalized spacial score (nSPS) is 16.1. The summed E-state index contributed by atoms with van der Waals surface area (Å²) in [5.41, 5.74) is 2.52. The van der Waals surface area contributed by atoms with Crippen molar-refractivity contribution in [2.24, 2.45) is 5.10 Å². The number of rotatable bonds is 4. The number of methoxy groups -OCH3 is 2. The number of aryl methyl sites for hydroxylation is 1. The summed E-state index contributed by atoms with van der Waals surface area (Å²) in [4.78, 5) is 12.2. The highest BCUT2D eigenvalue weighted by molar-refractivity contribution is 9.10. The first kappa shape index (κ1) is 18.3. The van der Waals surface area contributed by atoms with Crippen LogP contribution < -0.4 is 9.47 Å². The van der Waals surface area contributed by atoms with Gasteiger partial charge in [0.2, 0.25) is 18.0 Å². The van der Waals surface area contributed by atoms with Crippen molar-refractivity contribution in [1.82, 2.24) is 5.01 Å². The third kappa shape index (κ3) is 3.26. The van der Waals surface area contributed by atoms with Gasteiger partial charge in [0.05, 0.1) is 24.3 Å². The maximum Gasteiger partial charge on any atom is 0.243 e. The van der Waals surface area contributed by atoms with Gasteiger partial charge in [-0.2, -0.15) is 5.01 Å². The summed E-state index contributed by atoms with van der Waals surface area (Å²) in [5, 5.41) is 5.72. The van der Waals surface area contributed by atoms with E-state index in [1.54, 1.807) is 20.3 Å². The Hall–Kier alpha value is -2.54. The first-order chi connectivity index (χ1) is 12.5. The van der Waals surface area contributed by atoms with Gasteiger partial charge in [0, 0.05) is 18.6 Å². The third-order valence-corrected chi connectivity index (χ3v) is 4.73. The molecule has 2 aromatic carbocycles. The minimum absolute atomic E-state index is 0.229. The van der Waals surface area contributed by atoms with Crippen molar-refractivity contribution in [3.8, 4) is 11.5 Å². The van der Waals surface area contributed by atoms with Gasteiger partial charge in [-0.25, -0.2) is 0 Å². The molecule has 0 aliphatic carbocycles. The Kier molecular flexibility index (Phi) is 5.18. The van der Waals surface area contributed by atoms with Crippen LogP contribution in [0, 0.1) is 6.92 Å². The molecule has 7 heteroatoms. The maximum absolute atomic E-state index is 12.2. The lowest BCUT2D eigenvalue weighted by atomic mass is 10.1. The number of nitrogens with zero attached hydrogens (tertiary/aromatic N) is 2. The number of hydrazone groups is 1. The van der Waals surface area contributed by atoms with E-state index in [0.717, 1.165) is 15.6 Å². The molecule has 26 heavy (non-hydrogen) atoms. The molecule has 1 aliphatic rings. The molecule has 0 radical (unpaired) electrons. The lowest BCUT2D eigenvalue weighted by molar-refractivity contribution is -0.135. The first-order valence-corrected chi connectivity index (χ1v) is 8.78. The molecule has 0 bridgehead atoms. The second-order valence-corrected chi connectivity index (χ2v) is 6.64. The van der Waals surface area contributed by atoms with Crippen LogP contribution in [-0.2, 0) is 9.53 Å². The Morgan fingerprint density at radius 2 is 1.88 bits per heavy atom. The smallest absolute Gasteiger partial charge is 0.243 e. The lowest BCUT2D eigenvalue weighted by Crippen LogP contribution is -2.25. The minimum Gasteiger partial charge on any atom is -0.496 e. The number of benzene rings is 2. The number of carbonyl (C=O) groups excluding carboxylic acids is 1. The fourth-order valence-electron chi connectivity index (χ4n) is 2.77. The Balaban J connectivity index is 2.05. The van der Waals surface area contributed by atoms with Gasteiger partial charge < -0.3 is 14.2 Å². The number of carbonyl (C=O) groups is 1. The van der Waals surface area contributed by atoms with Gasteiger partial charge in [-0.3, -0.25) is 4.79 Å². The number of ether oxygens (including phenoxy) is 3. The van der Waals surface area contributed by atoms with Crippen LogP contribution in [0.3, 0.4) is 0 Å². The maximum atomic E-state index is 12.2. The van der Waals surface area contributed by atoms with Gasteiger partial charge >= 0.3 is 0 Å². The number of amides is 1. The molecule has 3 rings (SSSR count). The summed E-state index contributed by atoms with van der Waals surface area (Å²) < 4.78 is 17.6. The Morgan fingerprint density at radius 1 is 1.19 bits per heavy atom. The van der Waals surface area contributed by atoms with Gasteiger partial charge in [0.1, 0.15) is 11.5 Å². The molecule has 6 nitrogen and oxygen atoms in total. The van der Waals surface area contributed by atoms with Crippen molar-refractivity contribution >= 4 is 27.7 Å². The molecule has 0 spiro atoms. The molecule has 0 aromatic heterocycles. The van der Waals surface area contributed by atoms with Crippen LogP contribution in [0.15, 0.2) is 46.0 Å². The average Bonchev–Trinajstić information content (AvgIpc) is 3.07. The Morgan fingerprint density at radius 3 is 2.50 bits per heavy atom. The molecule has 2 aromatic rings. The van der Waals surface area contributed by atoms with Gasteiger partial charge in [-0.05, 0) is 40.5 Å². The van der Waals surface area contributed by atoms with E-state index in [-0.39, 0.29) is 5.91 Å². The molecule has 1 amide bonds. The van der Waals surface area contributed by atoms with E-state index in [2.05, 4.69) is 21.0 Å². The molecule has 0 N–H and O–H groups in total. The number of hydrogen-bond acceptors (Lipinski definition) is 5. The number of hydrogen-bond donors (Lipinski definition) is 0. The zero-order chi connectivity index (χ0) is 18.8. The summed E-state index contributed by atoms with van der Waals surface area (Å²) >= 11 is 3.47. The molecule has 0 fully saturated rings. The summed E-state index contributed by atoms with van der Waals surface area (Å²) in [5.74, 6) is 1.34. The topological polar surface area (TPSA) is 60.4 Å². The van der Waals surface area contributed by atoms with Crippen LogP contribution in [0.1, 0.15) is 29.8 Å².